The molecule has 0 aliphatic rings. The van der Waals surface area contributed by atoms with Crippen molar-refractivity contribution in [3.05, 3.63) is 0 Å². The zero-order chi connectivity index (χ0) is 12.6. The van der Waals surface area contributed by atoms with E-state index in [1.54, 1.807) is 0 Å². The van der Waals surface area contributed by atoms with Crippen LogP contribution in [-0.4, -0.2) is 12.6 Å². The lowest BCUT2D eigenvalue weighted by molar-refractivity contribution is 0.255. The van der Waals surface area contributed by atoms with Crippen LogP contribution in [0.15, 0.2) is 0 Å². The fourth-order valence-corrected chi connectivity index (χ4v) is 2.16. The lowest BCUT2D eigenvalue weighted by Gasteiger charge is -2.30. The van der Waals surface area contributed by atoms with Crippen molar-refractivity contribution in [1.29, 1.82) is 0 Å². The molecule has 0 aliphatic carbocycles. The van der Waals surface area contributed by atoms with Crippen molar-refractivity contribution in [1.82, 2.24) is 5.32 Å². The first kappa shape index (κ1) is 16.0. The average molecular weight is 227 g/mol. The van der Waals surface area contributed by atoms with Gasteiger partial charge in [-0.25, -0.2) is 0 Å². The van der Waals surface area contributed by atoms with Gasteiger partial charge in [-0.15, -0.1) is 0 Å². The molecule has 16 heavy (non-hydrogen) atoms. The van der Waals surface area contributed by atoms with E-state index in [0.29, 0.717) is 0 Å². The van der Waals surface area contributed by atoms with E-state index in [1.165, 1.54) is 32.2 Å². The van der Waals surface area contributed by atoms with E-state index in [-0.39, 0.29) is 0 Å². The van der Waals surface area contributed by atoms with Crippen molar-refractivity contribution < 1.29 is 0 Å². The van der Waals surface area contributed by atoms with Crippen LogP contribution in [-0.2, 0) is 0 Å². The van der Waals surface area contributed by atoms with Crippen LogP contribution in [0.2, 0.25) is 0 Å². The van der Waals surface area contributed by atoms with E-state index in [9.17, 15) is 0 Å². The third kappa shape index (κ3) is 6.52. The maximum Gasteiger partial charge on any atom is 0.00953 e. The van der Waals surface area contributed by atoms with Crippen LogP contribution in [0.5, 0.6) is 0 Å². The smallest absolute Gasteiger partial charge is 0.00953 e. The summed E-state index contributed by atoms with van der Waals surface area (Å²) in [4.78, 5) is 0. The summed E-state index contributed by atoms with van der Waals surface area (Å²) in [5.41, 5.74) is 0. The van der Waals surface area contributed by atoms with Crippen LogP contribution in [0, 0.1) is 17.8 Å². The van der Waals surface area contributed by atoms with E-state index in [2.05, 4.69) is 46.9 Å². The molecule has 98 valence electrons. The normalized spacial score (nSPS) is 17.4. The quantitative estimate of drug-likeness (QED) is 0.612. The van der Waals surface area contributed by atoms with Crippen molar-refractivity contribution in [3.8, 4) is 0 Å². The van der Waals surface area contributed by atoms with Crippen LogP contribution < -0.4 is 5.32 Å². The Balaban J connectivity index is 4.16. The Morgan fingerprint density at radius 2 is 1.56 bits per heavy atom. The summed E-state index contributed by atoms with van der Waals surface area (Å²) in [6.07, 6.45) is 5.23. The minimum Gasteiger partial charge on any atom is -0.314 e. The van der Waals surface area contributed by atoms with Gasteiger partial charge in [-0.1, -0.05) is 48.0 Å². The van der Waals surface area contributed by atoms with Crippen molar-refractivity contribution in [2.24, 2.45) is 17.8 Å². The van der Waals surface area contributed by atoms with Gasteiger partial charge in [0.05, 0.1) is 0 Å². The number of nitrogens with one attached hydrogen (secondary N) is 1. The highest BCUT2D eigenvalue weighted by Gasteiger charge is 2.20. The van der Waals surface area contributed by atoms with Crippen molar-refractivity contribution in [2.45, 2.75) is 73.3 Å². The van der Waals surface area contributed by atoms with Crippen LogP contribution in [0.1, 0.15) is 67.2 Å². The molecular weight excluding hydrogens is 194 g/mol. The topological polar surface area (TPSA) is 12.0 Å². The van der Waals surface area contributed by atoms with Gasteiger partial charge in [0.2, 0.25) is 0 Å². The predicted octanol–water partition coefficient (Wildman–Crippen LogP) is 4.47. The minimum absolute atomic E-state index is 0.720. The molecule has 0 aromatic heterocycles. The number of rotatable bonds is 9. The third-order valence-electron chi connectivity index (χ3n) is 3.89. The van der Waals surface area contributed by atoms with Crippen LogP contribution in [0.4, 0.5) is 0 Å². The molecule has 3 atom stereocenters. The second kappa shape index (κ2) is 9.04. The molecule has 3 unspecified atom stereocenters. The minimum atomic E-state index is 0.720. The molecule has 0 saturated carbocycles. The van der Waals surface area contributed by atoms with E-state index in [0.717, 1.165) is 23.8 Å². The Bertz CT molecular complexity index is 154. The molecule has 0 bridgehead atoms. The van der Waals surface area contributed by atoms with Gasteiger partial charge >= 0.3 is 0 Å². The summed E-state index contributed by atoms with van der Waals surface area (Å²) >= 11 is 0. The lowest BCUT2D eigenvalue weighted by Crippen LogP contribution is -2.38. The highest BCUT2D eigenvalue weighted by molar-refractivity contribution is 4.77. The molecule has 0 aromatic carbocycles. The van der Waals surface area contributed by atoms with Crippen molar-refractivity contribution in [2.75, 3.05) is 6.54 Å². The van der Waals surface area contributed by atoms with Crippen molar-refractivity contribution in [3.63, 3.8) is 0 Å². The Morgan fingerprint density at radius 3 is 2.00 bits per heavy atom. The van der Waals surface area contributed by atoms with E-state index >= 15 is 0 Å². The van der Waals surface area contributed by atoms with Crippen LogP contribution in [0.3, 0.4) is 0 Å². The van der Waals surface area contributed by atoms with Gasteiger partial charge in [0, 0.05) is 6.04 Å². The van der Waals surface area contributed by atoms with Gasteiger partial charge in [-0.05, 0) is 43.6 Å². The molecular formula is C15H33N. The lowest BCUT2D eigenvalue weighted by atomic mass is 9.84. The highest BCUT2D eigenvalue weighted by Crippen LogP contribution is 2.22. The Kier molecular flexibility index (Phi) is 9.02. The van der Waals surface area contributed by atoms with Gasteiger partial charge < -0.3 is 5.32 Å². The largest absolute Gasteiger partial charge is 0.314 e. The molecule has 0 saturated heterocycles. The molecule has 0 fully saturated rings. The zero-order valence-electron chi connectivity index (χ0n) is 12.3. The summed E-state index contributed by atoms with van der Waals surface area (Å²) in [6.45, 7) is 15.2. The molecule has 1 nitrogen and oxygen atoms in total. The van der Waals surface area contributed by atoms with Gasteiger partial charge in [-0.2, -0.15) is 0 Å². The summed E-state index contributed by atoms with van der Waals surface area (Å²) < 4.78 is 0. The number of hydrogen-bond donors (Lipinski definition) is 1. The fraction of sp³-hybridized carbons (Fsp3) is 1.00. The summed E-state index contributed by atoms with van der Waals surface area (Å²) in [5, 5.41) is 3.74. The standard InChI is InChI=1S/C15H33N/c1-7-11-16-15(10-9-12(3)4)14(6)13(5)8-2/h12-16H,7-11H2,1-6H3. The Morgan fingerprint density at radius 1 is 0.938 bits per heavy atom. The average Bonchev–Trinajstić information content (AvgIpc) is 2.27. The summed E-state index contributed by atoms with van der Waals surface area (Å²) in [6, 6.07) is 0.720. The van der Waals surface area contributed by atoms with E-state index < -0.39 is 0 Å². The molecule has 1 N–H and O–H groups in total. The molecule has 0 spiro atoms. The van der Waals surface area contributed by atoms with Crippen LogP contribution >= 0.6 is 0 Å². The first-order chi connectivity index (χ1) is 7.52. The highest BCUT2D eigenvalue weighted by atomic mass is 14.9. The molecule has 0 amide bonds. The zero-order valence-corrected chi connectivity index (χ0v) is 12.3. The molecule has 0 radical (unpaired) electrons. The van der Waals surface area contributed by atoms with Gasteiger partial charge in [0.15, 0.2) is 0 Å². The maximum atomic E-state index is 3.74. The monoisotopic (exact) mass is 227 g/mol. The Labute approximate surface area is 103 Å². The van der Waals surface area contributed by atoms with E-state index in [4.69, 9.17) is 0 Å². The number of hydrogen-bond acceptors (Lipinski definition) is 1. The van der Waals surface area contributed by atoms with Crippen molar-refractivity contribution >= 4 is 0 Å². The molecule has 0 heterocycles. The van der Waals surface area contributed by atoms with Gasteiger partial charge in [-0.3, -0.25) is 0 Å². The maximum absolute atomic E-state index is 3.74. The predicted molar refractivity (Wildman–Crippen MR) is 74.8 cm³/mol. The van der Waals surface area contributed by atoms with Gasteiger partial charge in [0.25, 0.3) is 0 Å². The first-order valence-electron chi connectivity index (χ1n) is 7.26. The molecule has 0 aromatic rings. The molecule has 0 aliphatic heterocycles. The summed E-state index contributed by atoms with van der Waals surface area (Å²) in [5.74, 6) is 2.46. The SMILES string of the molecule is CCCNC(CCC(C)C)C(C)C(C)CC. The van der Waals surface area contributed by atoms with Gasteiger partial charge in [0.1, 0.15) is 0 Å². The Hall–Kier alpha value is -0.0400. The molecule has 0 rings (SSSR count). The first-order valence-corrected chi connectivity index (χ1v) is 7.26. The molecule has 1 heteroatoms. The second-order valence-corrected chi connectivity index (χ2v) is 5.78. The summed E-state index contributed by atoms with van der Waals surface area (Å²) in [7, 11) is 0. The fourth-order valence-electron chi connectivity index (χ4n) is 2.16. The van der Waals surface area contributed by atoms with Crippen LogP contribution in [0.25, 0.3) is 0 Å². The third-order valence-corrected chi connectivity index (χ3v) is 3.89. The second-order valence-electron chi connectivity index (χ2n) is 5.78. The van der Waals surface area contributed by atoms with E-state index in [1.807, 2.05) is 0 Å².